The number of hydrogen-bond acceptors (Lipinski definition) is 13. The van der Waals surface area contributed by atoms with E-state index in [0.29, 0.717) is 12.8 Å². The molecule has 0 bridgehead atoms. The van der Waals surface area contributed by atoms with Crippen molar-refractivity contribution >= 4 is 5.91 Å². The first-order valence-corrected chi connectivity index (χ1v) is 42.1. The maximum absolute atomic E-state index is 13.4. The zero-order chi connectivity index (χ0) is 75.1. The lowest BCUT2D eigenvalue weighted by Gasteiger charge is -2.46. The minimum Gasteiger partial charge on any atom is -0.394 e. The van der Waals surface area contributed by atoms with E-state index in [1.807, 2.05) is 6.08 Å². The molecule has 2 fully saturated rings. The van der Waals surface area contributed by atoms with Gasteiger partial charge in [-0.25, -0.2) is 0 Å². The summed E-state index contributed by atoms with van der Waals surface area (Å²) in [5, 5.41) is 87.7. The Morgan fingerprint density at radius 2 is 0.673 bits per heavy atom. The van der Waals surface area contributed by atoms with Crippen LogP contribution in [0.3, 0.4) is 0 Å². The number of nitrogens with one attached hydrogen (secondary N) is 1. The molecule has 0 saturated carbocycles. The SMILES string of the molecule is CC/C=C\C/C=C\C/C=C\C/C=C\C/C=C\C/C=C\C/C=C\C/C=C\C/C=C\C/C=C\CCCCCCCCC(=O)NC(COC1OC(CO)C(OC2OC(CO)C(O)C(O)C2O)C(O)C1O)C(O)/C=C/CC/C=C/CCCCCCCCCCCCCCCCCCCCCCCCCCCCC. The van der Waals surface area contributed by atoms with Crippen molar-refractivity contribution in [2.75, 3.05) is 19.8 Å². The standard InChI is InChI=1S/C90H153NO13/c1-3-5-7-9-11-13-15-17-19-21-23-25-27-29-31-33-35-37-38-39-40-42-44-46-48-50-52-54-56-58-60-62-64-66-68-70-72-74-82(95)91-78(77-101-89-87(100)85(98)88(81(76-93)103-89)104-90-86(99)84(97)83(96)80(75-92)102-90)79(94)73-71-69-67-65-63-61-59-57-55-53-51-49-47-45-43-41-36-34-32-30-28-26-24-22-20-18-16-14-12-10-8-6-4-2/h5,7,11,13,17,19,23,25,29,31,35,37,39-40,44,46,50,52,56,58,63,65,71,73,78-81,83-90,92-94,96-100H,3-4,6,8-10,12,14-16,18,20-22,24,26-28,30,32-34,36,38,41-43,45,47-49,51,53-55,57,59-62,64,66-70,72,74-77H2,1-2H3,(H,91,95)/b7-5-,13-11-,19-17-,25-23-,31-29-,37-35-,40-39-,46-44-,52-50-,58-56-,65-63+,73-71+. The number of hydrogen-bond donors (Lipinski definition) is 9. The molecule has 12 unspecified atom stereocenters. The van der Waals surface area contributed by atoms with Crippen LogP contribution >= 0.6 is 0 Å². The van der Waals surface area contributed by atoms with Crippen molar-refractivity contribution in [1.82, 2.24) is 5.32 Å². The van der Waals surface area contributed by atoms with E-state index in [1.165, 1.54) is 173 Å². The lowest BCUT2D eigenvalue weighted by molar-refractivity contribution is -0.359. The normalized spacial score (nSPS) is 22.2. The second-order valence-electron chi connectivity index (χ2n) is 28.9. The number of ether oxygens (including phenoxy) is 4. The van der Waals surface area contributed by atoms with E-state index in [-0.39, 0.29) is 18.9 Å². The van der Waals surface area contributed by atoms with Gasteiger partial charge in [-0.15, -0.1) is 0 Å². The highest BCUT2D eigenvalue weighted by Gasteiger charge is 2.51. The smallest absolute Gasteiger partial charge is 0.220 e. The van der Waals surface area contributed by atoms with Gasteiger partial charge in [-0.2, -0.15) is 0 Å². The fourth-order valence-corrected chi connectivity index (χ4v) is 12.9. The van der Waals surface area contributed by atoms with E-state index in [9.17, 15) is 45.6 Å². The zero-order valence-corrected chi connectivity index (χ0v) is 65.5. The molecule has 0 aromatic carbocycles. The molecule has 9 N–H and O–H groups in total. The summed E-state index contributed by atoms with van der Waals surface area (Å²) in [5.41, 5.74) is 0. The maximum Gasteiger partial charge on any atom is 0.220 e. The second-order valence-corrected chi connectivity index (χ2v) is 28.9. The molecule has 2 heterocycles. The quantitative estimate of drug-likeness (QED) is 0.0204. The van der Waals surface area contributed by atoms with Crippen LogP contribution in [-0.4, -0.2) is 140 Å². The number of carbonyl (C=O) groups is 1. The number of rotatable bonds is 69. The minimum atomic E-state index is -1.80. The minimum absolute atomic E-state index is 0.247. The molecule has 596 valence electrons. The Kier molecular flexibility index (Phi) is 66.2. The van der Waals surface area contributed by atoms with Crippen LogP contribution < -0.4 is 5.32 Å². The Hall–Kier alpha value is -4.13. The highest BCUT2D eigenvalue weighted by atomic mass is 16.7. The van der Waals surface area contributed by atoms with Crippen LogP contribution in [0.1, 0.15) is 322 Å². The summed E-state index contributed by atoms with van der Waals surface area (Å²) in [6.45, 7) is 2.69. The second kappa shape index (κ2) is 71.8. The largest absolute Gasteiger partial charge is 0.394 e. The van der Waals surface area contributed by atoms with Crippen LogP contribution in [0.4, 0.5) is 0 Å². The molecule has 0 spiro atoms. The molecule has 0 aromatic rings. The fraction of sp³-hybridized carbons (Fsp3) is 0.722. The molecule has 104 heavy (non-hydrogen) atoms. The molecule has 1 amide bonds. The fourth-order valence-electron chi connectivity index (χ4n) is 12.9. The third kappa shape index (κ3) is 53.6. The molecule has 0 radical (unpaired) electrons. The Balaban J connectivity index is 1.64. The summed E-state index contributed by atoms with van der Waals surface area (Å²) in [7, 11) is 0. The zero-order valence-electron chi connectivity index (χ0n) is 65.5. The van der Waals surface area contributed by atoms with Crippen LogP contribution in [0.15, 0.2) is 146 Å². The van der Waals surface area contributed by atoms with Gasteiger partial charge in [0.05, 0.1) is 32.0 Å². The van der Waals surface area contributed by atoms with Gasteiger partial charge in [0.2, 0.25) is 5.91 Å². The van der Waals surface area contributed by atoms with Crippen molar-refractivity contribution in [3.05, 3.63) is 146 Å². The van der Waals surface area contributed by atoms with Crippen LogP contribution in [0.2, 0.25) is 0 Å². The maximum atomic E-state index is 13.4. The molecular weight excluding hydrogens is 1300 g/mol. The van der Waals surface area contributed by atoms with Gasteiger partial charge < -0.3 is 65.1 Å². The van der Waals surface area contributed by atoms with Crippen LogP contribution in [-0.2, 0) is 23.7 Å². The van der Waals surface area contributed by atoms with E-state index in [2.05, 4.69) is 153 Å². The first-order valence-electron chi connectivity index (χ1n) is 42.1. The summed E-state index contributed by atoms with van der Waals surface area (Å²) in [4.78, 5) is 13.4. The van der Waals surface area contributed by atoms with Crippen molar-refractivity contribution in [3.8, 4) is 0 Å². The summed E-state index contributed by atoms with van der Waals surface area (Å²) in [6, 6.07) is -0.953. The number of carbonyl (C=O) groups excluding carboxylic acids is 1. The van der Waals surface area contributed by atoms with Crippen LogP contribution in [0.5, 0.6) is 0 Å². The highest BCUT2D eigenvalue weighted by Crippen LogP contribution is 2.30. The molecule has 2 aliphatic rings. The van der Waals surface area contributed by atoms with Crippen molar-refractivity contribution in [2.24, 2.45) is 0 Å². The molecule has 0 aliphatic carbocycles. The third-order valence-corrected chi connectivity index (χ3v) is 19.5. The predicted octanol–water partition coefficient (Wildman–Crippen LogP) is 19.9. The lowest BCUT2D eigenvalue weighted by Crippen LogP contribution is -2.65. The number of aliphatic hydroxyl groups is 8. The number of aliphatic hydroxyl groups excluding tert-OH is 8. The molecule has 14 heteroatoms. The van der Waals surface area contributed by atoms with Crippen LogP contribution in [0.25, 0.3) is 0 Å². The molecular formula is C90H153NO13. The van der Waals surface area contributed by atoms with Crippen molar-refractivity contribution in [1.29, 1.82) is 0 Å². The molecule has 2 rings (SSSR count). The first kappa shape index (κ1) is 95.9. The van der Waals surface area contributed by atoms with Gasteiger partial charge in [-0.1, -0.05) is 352 Å². The van der Waals surface area contributed by atoms with E-state index in [1.54, 1.807) is 6.08 Å². The number of allylic oxidation sites excluding steroid dienone is 23. The van der Waals surface area contributed by atoms with E-state index in [4.69, 9.17) is 18.9 Å². The van der Waals surface area contributed by atoms with Crippen molar-refractivity contribution in [2.45, 2.75) is 396 Å². The molecule has 12 atom stereocenters. The summed E-state index contributed by atoms with van der Waals surface area (Å²) >= 11 is 0. The average molecular weight is 1460 g/mol. The predicted molar refractivity (Wildman–Crippen MR) is 433 cm³/mol. The van der Waals surface area contributed by atoms with Gasteiger partial charge in [0, 0.05) is 6.42 Å². The molecule has 2 aliphatic heterocycles. The van der Waals surface area contributed by atoms with Crippen LogP contribution in [0, 0.1) is 0 Å². The summed E-state index contributed by atoms with van der Waals surface area (Å²) in [5.74, 6) is -0.266. The monoisotopic (exact) mass is 1460 g/mol. The number of unbranched alkanes of at least 4 members (excludes halogenated alkanes) is 34. The molecule has 2 saturated heterocycles. The molecule has 14 nitrogen and oxygen atoms in total. The van der Waals surface area contributed by atoms with E-state index < -0.39 is 86.8 Å². The van der Waals surface area contributed by atoms with Gasteiger partial charge in [-0.05, 0) is 109 Å². The average Bonchev–Trinajstić information content (AvgIpc) is 0.790. The number of amides is 1. The van der Waals surface area contributed by atoms with Gasteiger partial charge in [0.15, 0.2) is 12.6 Å². The van der Waals surface area contributed by atoms with Gasteiger partial charge >= 0.3 is 0 Å². The Labute approximate surface area is 633 Å². The topological polar surface area (TPSA) is 228 Å². The summed E-state index contributed by atoms with van der Waals surface area (Å²) in [6.07, 6.45) is 92.2. The highest BCUT2D eigenvalue weighted by molar-refractivity contribution is 5.76. The first-order chi connectivity index (χ1) is 51.1. The Morgan fingerprint density at radius 3 is 1.06 bits per heavy atom. The Bertz CT molecular complexity index is 2320. The van der Waals surface area contributed by atoms with Crippen molar-refractivity contribution in [3.63, 3.8) is 0 Å². The third-order valence-electron chi connectivity index (χ3n) is 19.5. The van der Waals surface area contributed by atoms with Crippen molar-refractivity contribution < 1.29 is 64.6 Å². The van der Waals surface area contributed by atoms with E-state index in [0.717, 1.165) is 116 Å². The van der Waals surface area contributed by atoms with Gasteiger partial charge in [0.25, 0.3) is 0 Å². The van der Waals surface area contributed by atoms with Gasteiger partial charge in [-0.3, -0.25) is 4.79 Å². The Morgan fingerprint density at radius 1 is 0.356 bits per heavy atom. The molecule has 0 aromatic heterocycles. The lowest BCUT2D eigenvalue weighted by atomic mass is 9.97. The van der Waals surface area contributed by atoms with Gasteiger partial charge in [0.1, 0.15) is 48.8 Å². The summed E-state index contributed by atoms with van der Waals surface area (Å²) < 4.78 is 22.9. The van der Waals surface area contributed by atoms with E-state index >= 15 is 0 Å².